The summed E-state index contributed by atoms with van der Waals surface area (Å²) in [6.45, 7) is -0.788. The maximum absolute atomic E-state index is 11.0. The van der Waals surface area contributed by atoms with Gasteiger partial charge in [0.15, 0.2) is 10.7 Å². The smallest absolute Gasteiger partial charge is 0.153 e. The van der Waals surface area contributed by atoms with E-state index in [2.05, 4.69) is 0 Å². The van der Waals surface area contributed by atoms with Gasteiger partial charge in [0.2, 0.25) is 0 Å². The Morgan fingerprint density at radius 1 is 1.57 bits per heavy atom. The highest BCUT2D eigenvalue weighted by molar-refractivity contribution is 7.72. The van der Waals surface area contributed by atoms with E-state index >= 15 is 0 Å². The first-order valence-electron chi connectivity index (χ1n) is 1.66. The monoisotopic (exact) mass is 127 g/mol. The van der Waals surface area contributed by atoms with Crippen LogP contribution in [0.5, 0.6) is 0 Å². The van der Waals surface area contributed by atoms with E-state index in [4.69, 9.17) is 0 Å². The predicted octanol–water partition coefficient (Wildman–Crippen LogP) is -0.928. The van der Waals surface area contributed by atoms with Gasteiger partial charge in [-0.1, -0.05) is 0 Å². The largest absolute Gasteiger partial charge is 0.277 e. The van der Waals surface area contributed by atoms with Crippen molar-refractivity contribution in [2.45, 2.75) is 0 Å². The molecule has 0 spiro atoms. The van der Waals surface area contributed by atoms with Crippen molar-refractivity contribution < 1.29 is 12.8 Å². The van der Waals surface area contributed by atoms with E-state index in [9.17, 15) is 12.8 Å². The lowest BCUT2D eigenvalue weighted by atomic mass is 11.2. The molecule has 0 amide bonds. The highest BCUT2D eigenvalue weighted by Gasteiger charge is 1.80. The average molecular weight is 127 g/mol. The minimum absolute atomic E-state index is 0.272. The van der Waals surface area contributed by atoms with Crippen molar-refractivity contribution in [3.63, 3.8) is 0 Å². The molecule has 0 aliphatic carbocycles. The third-order valence-electron chi connectivity index (χ3n) is 0.335. The molecule has 7 heavy (non-hydrogen) atoms. The van der Waals surface area contributed by atoms with Gasteiger partial charge in [0.05, 0.1) is 5.88 Å². The van der Waals surface area contributed by atoms with Crippen LogP contribution in [0.15, 0.2) is 0 Å². The number of rotatable bonds is 3. The van der Waals surface area contributed by atoms with Crippen LogP contribution in [0.1, 0.15) is 0 Å². The second-order valence-electron chi connectivity index (χ2n) is 0.874. The van der Waals surface area contributed by atoms with Gasteiger partial charge in [0.1, 0.15) is 6.80 Å². The van der Waals surface area contributed by atoms with Crippen molar-refractivity contribution in [3.8, 4) is 0 Å². The Balaban J connectivity index is 2.98. The van der Waals surface area contributed by atoms with Crippen molar-refractivity contribution in [3.05, 3.63) is 0 Å². The summed E-state index contributed by atoms with van der Waals surface area (Å²) >= 11 is 0. The Kier molecular flexibility index (Phi) is 3.92. The minimum atomic E-state index is -2.46. The average Bonchev–Trinajstić information content (AvgIpc) is 1.61. The van der Waals surface area contributed by atoms with Crippen molar-refractivity contribution in [1.29, 1.82) is 0 Å². The van der Waals surface area contributed by atoms with Crippen molar-refractivity contribution in [2.75, 3.05) is 12.7 Å². The van der Waals surface area contributed by atoms with Gasteiger partial charge in [0.25, 0.3) is 0 Å². The molecule has 0 fully saturated rings. The molecule has 0 unspecified atom stereocenters. The molecular formula is C2H6FNO2S. The lowest BCUT2D eigenvalue weighted by Gasteiger charge is -1.84. The zero-order chi connectivity index (χ0) is 5.70. The fraction of sp³-hybridized carbons (Fsp3) is 1.00. The van der Waals surface area contributed by atoms with Crippen molar-refractivity contribution >= 4 is 10.7 Å². The quantitative estimate of drug-likeness (QED) is 0.380. The minimum Gasteiger partial charge on any atom is -0.277 e. The van der Waals surface area contributed by atoms with Crippen LogP contribution < -0.4 is 5.32 Å². The SMILES string of the molecule is O=[SH](=O)CNCF. The van der Waals surface area contributed by atoms with E-state index in [0.717, 1.165) is 0 Å². The Morgan fingerprint density at radius 3 is 2.29 bits per heavy atom. The van der Waals surface area contributed by atoms with E-state index in [1.54, 1.807) is 0 Å². The summed E-state index contributed by atoms with van der Waals surface area (Å²) in [6, 6.07) is 0. The van der Waals surface area contributed by atoms with Crippen LogP contribution >= 0.6 is 0 Å². The number of halogens is 1. The molecule has 0 heterocycles. The molecular weight excluding hydrogens is 121 g/mol. The third kappa shape index (κ3) is 5.84. The van der Waals surface area contributed by atoms with Crippen LogP contribution in [0, 0.1) is 0 Å². The predicted molar refractivity (Wildman–Crippen MR) is 24.3 cm³/mol. The summed E-state index contributed by atoms with van der Waals surface area (Å²) in [4.78, 5) is 0. The fourth-order valence-electron chi connectivity index (χ4n) is 0.134. The zero-order valence-corrected chi connectivity index (χ0v) is 4.45. The lowest BCUT2D eigenvalue weighted by molar-refractivity contribution is 0.444. The molecule has 44 valence electrons. The number of hydrogen-bond acceptors (Lipinski definition) is 3. The van der Waals surface area contributed by atoms with Gasteiger partial charge in [-0.3, -0.25) is 5.32 Å². The maximum atomic E-state index is 11.0. The van der Waals surface area contributed by atoms with Gasteiger partial charge in [-0.2, -0.15) is 0 Å². The lowest BCUT2D eigenvalue weighted by Crippen LogP contribution is -2.13. The van der Waals surface area contributed by atoms with Crippen LogP contribution in [0.25, 0.3) is 0 Å². The molecule has 0 aromatic carbocycles. The molecule has 0 aliphatic rings. The van der Waals surface area contributed by atoms with Crippen molar-refractivity contribution in [2.24, 2.45) is 0 Å². The van der Waals surface area contributed by atoms with Crippen LogP contribution in [-0.2, 0) is 10.7 Å². The van der Waals surface area contributed by atoms with Gasteiger partial charge in [-0.05, 0) is 0 Å². The van der Waals surface area contributed by atoms with Crippen molar-refractivity contribution in [1.82, 2.24) is 5.32 Å². The summed E-state index contributed by atoms with van der Waals surface area (Å²) < 4.78 is 30.1. The number of thiol groups is 1. The molecule has 3 nitrogen and oxygen atoms in total. The molecule has 0 rings (SSSR count). The first-order valence-corrected chi connectivity index (χ1v) is 3.02. The molecule has 0 aliphatic heterocycles. The van der Waals surface area contributed by atoms with E-state index in [-0.39, 0.29) is 5.88 Å². The normalized spacial score (nSPS) is 10.0. The van der Waals surface area contributed by atoms with Gasteiger partial charge < -0.3 is 0 Å². The molecule has 0 aromatic heterocycles. The number of nitrogens with one attached hydrogen (secondary N) is 1. The topological polar surface area (TPSA) is 46.2 Å². The summed E-state index contributed by atoms with van der Waals surface area (Å²) in [7, 11) is -2.46. The zero-order valence-electron chi connectivity index (χ0n) is 3.56. The summed E-state index contributed by atoms with van der Waals surface area (Å²) in [5.41, 5.74) is 0. The molecule has 5 heteroatoms. The second-order valence-corrected chi connectivity index (χ2v) is 1.86. The summed E-state index contributed by atoms with van der Waals surface area (Å²) in [5, 5.41) is 1.98. The highest BCUT2D eigenvalue weighted by atomic mass is 32.2. The summed E-state index contributed by atoms with van der Waals surface area (Å²) in [6.07, 6.45) is 0. The van der Waals surface area contributed by atoms with Crippen LogP contribution in [0.4, 0.5) is 4.39 Å². The van der Waals surface area contributed by atoms with Crippen LogP contribution in [-0.4, -0.2) is 21.1 Å². The standard InChI is InChI=1S/C2H6FNO2S/c3-1-4-2-7(5)6/h4,7H,1-2H2. The molecule has 0 radical (unpaired) electrons. The number of hydrogen-bond donors (Lipinski definition) is 2. The first-order chi connectivity index (χ1) is 3.27. The molecule has 0 saturated carbocycles. The Hall–Kier alpha value is -0.160. The van der Waals surface area contributed by atoms with Crippen LogP contribution in [0.3, 0.4) is 0 Å². The molecule has 0 saturated heterocycles. The Morgan fingerprint density at radius 2 is 2.14 bits per heavy atom. The highest BCUT2D eigenvalue weighted by Crippen LogP contribution is 1.58. The Labute approximate surface area is 42.5 Å². The van der Waals surface area contributed by atoms with Gasteiger partial charge in [0, 0.05) is 0 Å². The fourth-order valence-corrected chi connectivity index (χ4v) is 0.401. The Bertz CT molecular complexity index is 93.9. The molecule has 0 aromatic rings. The van der Waals surface area contributed by atoms with E-state index in [0.29, 0.717) is 0 Å². The van der Waals surface area contributed by atoms with Crippen LogP contribution in [0.2, 0.25) is 0 Å². The van der Waals surface area contributed by atoms with E-state index in [1.807, 2.05) is 5.32 Å². The maximum Gasteiger partial charge on any atom is 0.153 e. The third-order valence-corrected chi connectivity index (χ3v) is 0.817. The number of alkyl halides is 1. The van der Waals surface area contributed by atoms with Gasteiger partial charge in [-0.15, -0.1) is 0 Å². The second kappa shape index (κ2) is 4.01. The molecule has 1 N–H and O–H groups in total. The molecule has 0 atom stereocenters. The van der Waals surface area contributed by atoms with E-state index in [1.165, 1.54) is 0 Å². The van der Waals surface area contributed by atoms with Gasteiger partial charge >= 0.3 is 0 Å². The van der Waals surface area contributed by atoms with E-state index < -0.39 is 17.5 Å². The first kappa shape index (κ1) is 6.84. The summed E-state index contributed by atoms with van der Waals surface area (Å²) in [5.74, 6) is -0.272. The molecule has 0 bridgehead atoms. The van der Waals surface area contributed by atoms with Gasteiger partial charge in [-0.25, -0.2) is 12.8 Å².